The number of rotatable bonds is 22. The first-order valence-corrected chi connectivity index (χ1v) is 33.1. The Morgan fingerprint density at radius 3 is 0.462 bits per heavy atom. The van der Waals surface area contributed by atoms with Crippen molar-refractivity contribution in [2.45, 2.75) is 49.0 Å². The van der Waals surface area contributed by atoms with Crippen molar-refractivity contribution >= 4 is 40.5 Å². The number of carbonyl (C=O) groups excluding carboxylic acids is 7. The summed E-state index contributed by atoms with van der Waals surface area (Å²) in [7, 11) is 0. The molecule has 0 unspecified atom stereocenters. The molecule has 514 valence electrons. The molecule has 0 heterocycles. The molecule has 13 rings (SSSR count). The number of aryl methyl sites for hydroxylation is 3. The largest absolute Gasteiger partial charge is 0.457 e. The summed E-state index contributed by atoms with van der Waals surface area (Å²) < 4.78 is 29.3. The van der Waals surface area contributed by atoms with Gasteiger partial charge in [-0.2, -0.15) is 0 Å². The highest BCUT2D eigenvalue weighted by Crippen LogP contribution is 2.31. The second-order valence-corrected chi connectivity index (χ2v) is 24.3. The van der Waals surface area contributed by atoms with E-state index in [4.69, 9.17) is 23.7 Å². The molecule has 0 aliphatic rings. The molecule has 0 amide bonds. The van der Waals surface area contributed by atoms with Crippen LogP contribution in [0.4, 0.5) is 0 Å². The molecule has 0 saturated carbocycles. The molecule has 0 radical (unpaired) electrons. The van der Waals surface area contributed by atoms with Gasteiger partial charge < -0.3 is 23.7 Å². The molecule has 0 fully saturated rings. The van der Waals surface area contributed by atoms with Crippen LogP contribution in [-0.4, -0.2) is 40.5 Å². The molecule has 13 aromatic carbocycles. The summed E-state index contributed by atoms with van der Waals surface area (Å²) in [6.45, 7) is 10.6. The minimum absolute atomic E-state index is 0. The summed E-state index contributed by atoms with van der Waals surface area (Å²) in [5.74, 6) is 6.38. The maximum atomic E-state index is 13.0. The molecule has 0 aliphatic carbocycles. The molecule has 0 atom stereocenters. The average Bonchev–Trinajstić information content (AvgIpc) is 0.841. The minimum atomic E-state index is -0.140. The van der Waals surface area contributed by atoms with Crippen molar-refractivity contribution in [3.05, 3.63) is 393 Å². The van der Waals surface area contributed by atoms with Crippen molar-refractivity contribution in [2.24, 2.45) is 0 Å². The van der Waals surface area contributed by atoms with E-state index in [1.165, 1.54) is 31.9 Å². The van der Waals surface area contributed by atoms with E-state index in [0.29, 0.717) is 89.9 Å². The van der Waals surface area contributed by atoms with Crippen LogP contribution in [0.25, 0.3) is 11.1 Å². The second-order valence-electron chi connectivity index (χ2n) is 24.3. The van der Waals surface area contributed by atoms with Gasteiger partial charge in [0.15, 0.2) is 40.5 Å². The van der Waals surface area contributed by atoms with E-state index < -0.39 is 0 Å². The standard InChI is InChI=1S/C35H26O5.C28H22O4.C28H22O3.CH4/c1-23-3-15-30(16-4-23)39-31-17-11-28(12-18-31)35(38)29-13-21-33(22-14-29)40-32-19-9-27(10-20-32)34(37)26-7-5-25(6-8-26)24(2)36;1-19-3-11-24(12-4-19)31-26-15-17-27(18-16-26)32-25-13-9-23(10-14-25)28(30)22-7-5-21(6-8-22)20(2)29;1-19-3-15-26(16-4-19)31-27-17-13-23(14-18-27)22-7-11-25(12-8-22)28(30)24-9-5-21(6-10-24)20(2)29;/h3-22H,1-2H3;3-18H,1-2H3;3-18H,1-2H3;1H4. The molecule has 12 heteroatoms. The van der Waals surface area contributed by atoms with E-state index in [2.05, 4.69) is 0 Å². The smallest absolute Gasteiger partial charge is 0.193 e. The zero-order valence-corrected chi connectivity index (χ0v) is 57.4. The number of hydrogen-bond donors (Lipinski definition) is 0. The Balaban J connectivity index is 0.000000168. The van der Waals surface area contributed by atoms with Gasteiger partial charge in [-0.25, -0.2) is 0 Å². The molecule has 0 aromatic heterocycles. The summed E-state index contributed by atoms with van der Waals surface area (Å²) in [5, 5.41) is 0. The maximum Gasteiger partial charge on any atom is 0.193 e. The predicted molar refractivity (Wildman–Crippen MR) is 408 cm³/mol. The molecule has 12 nitrogen and oxygen atoms in total. The number of ether oxygens (including phenoxy) is 5. The normalized spacial score (nSPS) is 10.4. The first kappa shape index (κ1) is 73.3. The number of ketones is 7. The fourth-order valence-corrected chi connectivity index (χ4v) is 10.5. The molecule has 0 saturated heterocycles. The van der Waals surface area contributed by atoms with Gasteiger partial charge in [0.05, 0.1) is 0 Å². The van der Waals surface area contributed by atoms with E-state index in [0.717, 1.165) is 45.4 Å². The second kappa shape index (κ2) is 34.6. The maximum absolute atomic E-state index is 13.0. The van der Waals surface area contributed by atoms with Gasteiger partial charge in [-0.15, -0.1) is 0 Å². The Kier molecular flexibility index (Phi) is 24.3. The first-order valence-electron chi connectivity index (χ1n) is 33.1. The molecule has 104 heavy (non-hydrogen) atoms. The fourth-order valence-electron chi connectivity index (χ4n) is 10.5. The number of hydrogen-bond acceptors (Lipinski definition) is 12. The first-order chi connectivity index (χ1) is 49.8. The summed E-state index contributed by atoms with van der Waals surface area (Å²) >= 11 is 0. The van der Waals surface area contributed by atoms with Crippen molar-refractivity contribution < 1.29 is 57.2 Å². The number of carbonyl (C=O) groups is 7. The highest BCUT2D eigenvalue weighted by molar-refractivity contribution is 6.12. The van der Waals surface area contributed by atoms with Crippen LogP contribution in [0.3, 0.4) is 0 Å². The monoisotopic (exact) mass is 1370 g/mol. The zero-order chi connectivity index (χ0) is 72.4. The van der Waals surface area contributed by atoms with Crippen LogP contribution in [0.1, 0.15) is 140 Å². The molecule has 0 bridgehead atoms. The Bertz CT molecular complexity index is 5110. The highest BCUT2D eigenvalue weighted by atomic mass is 16.5. The van der Waals surface area contributed by atoms with E-state index in [1.807, 2.05) is 166 Å². The average molecular weight is 1370 g/mol. The van der Waals surface area contributed by atoms with Crippen LogP contribution in [-0.2, 0) is 0 Å². The molecular formula is C92H74O12. The predicted octanol–water partition coefficient (Wildman–Crippen LogP) is 22.8. The van der Waals surface area contributed by atoms with E-state index in [-0.39, 0.29) is 47.9 Å². The van der Waals surface area contributed by atoms with Crippen LogP contribution in [0.2, 0.25) is 0 Å². The molecule has 13 aromatic rings. The topological polar surface area (TPSA) is 166 Å². The van der Waals surface area contributed by atoms with Crippen LogP contribution >= 0.6 is 0 Å². The molecule has 0 spiro atoms. The third kappa shape index (κ3) is 19.9. The van der Waals surface area contributed by atoms with Gasteiger partial charge in [-0.3, -0.25) is 33.6 Å². The van der Waals surface area contributed by atoms with Crippen LogP contribution < -0.4 is 23.7 Å². The van der Waals surface area contributed by atoms with Crippen molar-refractivity contribution in [2.75, 3.05) is 0 Å². The van der Waals surface area contributed by atoms with Gasteiger partial charge >= 0.3 is 0 Å². The van der Waals surface area contributed by atoms with Crippen molar-refractivity contribution in [1.82, 2.24) is 0 Å². The highest BCUT2D eigenvalue weighted by Gasteiger charge is 2.16. The van der Waals surface area contributed by atoms with Crippen molar-refractivity contribution in [3.8, 4) is 68.6 Å². The van der Waals surface area contributed by atoms with Gasteiger partial charge in [0.1, 0.15) is 57.5 Å². The summed E-state index contributed by atoms with van der Waals surface area (Å²) in [6.07, 6.45) is 0. The lowest BCUT2D eigenvalue weighted by atomic mass is 9.98. The quantitative estimate of drug-likeness (QED) is 0.0590. The van der Waals surface area contributed by atoms with Gasteiger partial charge in [-0.1, -0.05) is 170 Å². The third-order valence-electron chi connectivity index (χ3n) is 16.5. The SMILES string of the molecule is C.CC(=O)c1ccc(C(=O)c2ccc(-c3ccc(Oc4ccc(C)cc4)cc3)cc2)cc1.CC(=O)c1ccc(C(=O)c2ccc(Oc3ccc(C(=O)c4ccc(Oc5ccc(C)cc5)cc4)cc3)cc2)cc1.CC(=O)c1ccc(C(=O)c2ccc(Oc3ccc(Oc4ccc(C)cc4)cc3)cc2)cc1. The van der Waals surface area contributed by atoms with Crippen molar-refractivity contribution in [1.29, 1.82) is 0 Å². The van der Waals surface area contributed by atoms with Gasteiger partial charge in [-0.05, 0) is 223 Å². The molecule has 0 N–H and O–H groups in total. The van der Waals surface area contributed by atoms with Gasteiger partial charge in [0.2, 0.25) is 0 Å². The summed E-state index contributed by atoms with van der Waals surface area (Å²) in [6, 6.07) is 94.1. The van der Waals surface area contributed by atoms with Crippen LogP contribution in [0, 0.1) is 20.8 Å². The van der Waals surface area contributed by atoms with Crippen molar-refractivity contribution in [3.63, 3.8) is 0 Å². The Labute approximate surface area is 605 Å². The minimum Gasteiger partial charge on any atom is -0.457 e. The Morgan fingerprint density at radius 1 is 0.173 bits per heavy atom. The lowest BCUT2D eigenvalue weighted by molar-refractivity contribution is 0.100. The van der Waals surface area contributed by atoms with E-state index >= 15 is 0 Å². The lowest BCUT2D eigenvalue weighted by Gasteiger charge is -2.09. The van der Waals surface area contributed by atoms with Gasteiger partial charge in [0, 0.05) is 61.2 Å². The number of Topliss-reactive ketones (excluding diaryl/α,β-unsaturated/α-hetero) is 3. The molecule has 0 aliphatic heterocycles. The lowest BCUT2D eigenvalue weighted by Crippen LogP contribution is -2.02. The third-order valence-corrected chi connectivity index (χ3v) is 16.5. The van der Waals surface area contributed by atoms with Crippen LogP contribution in [0.15, 0.2) is 315 Å². The Morgan fingerprint density at radius 2 is 0.288 bits per heavy atom. The molecular weight excluding hydrogens is 1300 g/mol. The van der Waals surface area contributed by atoms with Crippen LogP contribution in [0.5, 0.6) is 57.5 Å². The number of benzene rings is 13. The van der Waals surface area contributed by atoms with E-state index in [9.17, 15) is 33.6 Å². The zero-order valence-electron chi connectivity index (χ0n) is 57.4. The van der Waals surface area contributed by atoms with Gasteiger partial charge in [0.25, 0.3) is 0 Å². The Hall–Kier alpha value is -13.5. The summed E-state index contributed by atoms with van der Waals surface area (Å²) in [4.78, 5) is 85.3. The van der Waals surface area contributed by atoms with E-state index in [1.54, 1.807) is 170 Å². The fraction of sp³-hybridized carbons (Fsp3) is 0.0761. The summed E-state index contributed by atoms with van der Waals surface area (Å²) in [5.41, 5.74) is 11.7.